The zero-order valence-corrected chi connectivity index (χ0v) is 21.7. The Balaban J connectivity index is 1.86. The van der Waals surface area contributed by atoms with E-state index in [0.717, 1.165) is 0 Å². The summed E-state index contributed by atoms with van der Waals surface area (Å²) in [5, 5.41) is 23.1. The van der Waals surface area contributed by atoms with Gasteiger partial charge in [0.15, 0.2) is 5.75 Å². The second kappa shape index (κ2) is 10.3. The van der Waals surface area contributed by atoms with Crippen molar-refractivity contribution in [2.75, 3.05) is 12.4 Å². The minimum atomic E-state index is -4.70. The number of nitrogens with zero attached hydrogens (tertiary/aromatic N) is 2. The Morgan fingerprint density at radius 2 is 1.73 bits per heavy atom. The Morgan fingerprint density at radius 3 is 2.43 bits per heavy atom. The van der Waals surface area contributed by atoms with Crippen molar-refractivity contribution >= 4 is 67.1 Å². The number of para-hydroxylation sites is 1. The van der Waals surface area contributed by atoms with Crippen LogP contribution >= 0.6 is 23.2 Å². The number of aromatic hydroxyl groups is 1. The van der Waals surface area contributed by atoms with E-state index in [1.807, 2.05) is 0 Å². The van der Waals surface area contributed by atoms with E-state index in [-0.39, 0.29) is 38.2 Å². The molecule has 0 aliphatic carbocycles. The molecule has 0 atom stereocenters. The monoisotopic (exact) mass is 559 g/mol. The first-order valence-corrected chi connectivity index (χ1v) is 12.8. The fourth-order valence-electron chi connectivity index (χ4n) is 3.73. The molecule has 0 spiro atoms. The van der Waals surface area contributed by atoms with Crippen molar-refractivity contribution in [2.24, 2.45) is 10.2 Å². The lowest BCUT2D eigenvalue weighted by atomic mass is 10.0. The molecule has 0 aliphatic rings. The van der Waals surface area contributed by atoms with Gasteiger partial charge in [-0.05, 0) is 48.2 Å². The van der Waals surface area contributed by atoms with E-state index in [1.165, 1.54) is 32.2 Å². The van der Waals surface area contributed by atoms with Crippen LogP contribution in [0, 0.1) is 6.92 Å². The average Bonchev–Trinajstić information content (AvgIpc) is 2.85. The van der Waals surface area contributed by atoms with Gasteiger partial charge in [-0.1, -0.05) is 53.5 Å². The molecule has 0 bridgehead atoms. The van der Waals surface area contributed by atoms with Gasteiger partial charge < -0.3 is 15.2 Å². The van der Waals surface area contributed by atoms with Crippen LogP contribution in [0.1, 0.15) is 15.9 Å². The van der Waals surface area contributed by atoms with Gasteiger partial charge in [0.1, 0.15) is 27.7 Å². The summed E-state index contributed by atoms with van der Waals surface area (Å²) in [5.41, 5.74) is -0.151. The second-order valence-corrected chi connectivity index (χ2v) is 9.98. The molecule has 0 aliphatic heterocycles. The zero-order chi connectivity index (χ0) is 26.9. The summed E-state index contributed by atoms with van der Waals surface area (Å²) in [7, 11) is -3.28. The smallest absolute Gasteiger partial charge is 0.297 e. The van der Waals surface area contributed by atoms with Crippen LogP contribution in [-0.2, 0) is 10.1 Å². The fourth-order valence-corrected chi connectivity index (χ4v) is 5.03. The summed E-state index contributed by atoms with van der Waals surface area (Å²) >= 11 is 12.2. The van der Waals surface area contributed by atoms with E-state index in [4.69, 9.17) is 27.9 Å². The molecule has 0 radical (unpaired) electrons. The number of azo groups is 1. The highest BCUT2D eigenvalue weighted by atomic mass is 35.5. The number of amides is 1. The maximum atomic E-state index is 13.2. The number of phenolic OH excluding ortho intramolecular Hbond substituents is 1. The lowest BCUT2D eigenvalue weighted by Crippen LogP contribution is -2.13. The highest BCUT2D eigenvalue weighted by molar-refractivity contribution is 7.86. The first-order valence-electron chi connectivity index (χ1n) is 10.6. The van der Waals surface area contributed by atoms with Gasteiger partial charge in [0.2, 0.25) is 0 Å². The molecule has 0 heterocycles. The van der Waals surface area contributed by atoms with Crippen molar-refractivity contribution < 1.29 is 27.6 Å². The number of methoxy groups -OCH3 is 1. The van der Waals surface area contributed by atoms with Gasteiger partial charge in [0, 0.05) is 10.4 Å². The highest BCUT2D eigenvalue weighted by Gasteiger charge is 2.23. The average molecular weight is 560 g/mol. The predicted octanol–water partition coefficient (Wildman–Crippen LogP) is 7.08. The molecular weight excluding hydrogens is 541 g/mol. The molecule has 37 heavy (non-hydrogen) atoms. The van der Waals surface area contributed by atoms with Crippen LogP contribution in [0.3, 0.4) is 0 Å². The Bertz CT molecular complexity index is 1690. The van der Waals surface area contributed by atoms with E-state index < -0.39 is 26.7 Å². The van der Waals surface area contributed by atoms with Gasteiger partial charge in [0.25, 0.3) is 16.0 Å². The molecule has 9 nitrogen and oxygen atoms in total. The fraction of sp³-hybridized carbons (Fsp3) is 0.0800. The molecule has 4 aromatic carbocycles. The standard InChI is InChI=1S/C25H19Cl2N3O6S/c1-13-17(26)10-11-19(24(13)37(33,34)35)29-30-21-15-7-4-3-6-14(15)12-16(23(21)31)25(32)28-22-18(27)8-5-9-20(22)36-2/h3-12,31H,1-2H3,(H,28,32)(H,33,34,35). The SMILES string of the molecule is COc1cccc(Cl)c1NC(=O)c1cc2ccccc2c(N=Nc2ccc(Cl)c(C)c2S(=O)(=O)O)c1O. The van der Waals surface area contributed by atoms with Crippen molar-refractivity contribution in [3.05, 3.63) is 81.8 Å². The van der Waals surface area contributed by atoms with Crippen molar-refractivity contribution in [3.8, 4) is 11.5 Å². The number of phenols is 1. The largest absolute Gasteiger partial charge is 0.505 e. The molecule has 0 aromatic heterocycles. The summed E-state index contributed by atoms with van der Waals surface area (Å²) in [5.74, 6) is -0.894. The van der Waals surface area contributed by atoms with Crippen molar-refractivity contribution in [1.29, 1.82) is 0 Å². The number of ether oxygens (including phenoxy) is 1. The Kier molecular flexibility index (Phi) is 7.37. The summed E-state index contributed by atoms with van der Waals surface area (Å²) in [4.78, 5) is 12.7. The molecule has 1 amide bonds. The van der Waals surface area contributed by atoms with Crippen LogP contribution in [0.15, 0.2) is 75.8 Å². The maximum Gasteiger partial charge on any atom is 0.297 e. The van der Waals surface area contributed by atoms with Gasteiger partial charge in [-0.15, -0.1) is 10.2 Å². The van der Waals surface area contributed by atoms with E-state index in [2.05, 4.69) is 15.5 Å². The lowest BCUT2D eigenvalue weighted by Gasteiger charge is -2.14. The molecule has 4 rings (SSSR count). The minimum absolute atomic E-state index is 0.0801. The summed E-state index contributed by atoms with van der Waals surface area (Å²) < 4.78 is 38.9. The highest BCUT2D eigenvalue weighted by Crippen LogP contribution is 2.41. The van der Waals surface area contributed by atoms with Crippen molar-refractivity contribution in [3.63, 3.8) is 0 Å². The van der Waals surface area contributed by atoms with Gasteiger partial charge >= 0.3 is 0 Å². The topological polar surface area (TPSA) is 138 Å². The number of hydrogen-bond acceptors (Lipinski definition) is 7. The number of benzene rings is 4. The second-order valence-electron chi connectivity index (χ2n) is 7.81. The van der Waals surface area contributed by atoms with Crippen LogP contribution in [0.4, 0.5) is 17.1 Å². The van der Waals surface area contributed by atoms with Crippen LogP contribution in [0.2, 0.25) is 10.0 Å². The maximum absolute atomic E-state index is 13.2. The molecule has 4 aromatic rings. The minimum Gasteiger partial charge on any atom is -0.505 e. The van der Waals surface area contributed by atoms with Crippen LogP contribution < -0.4 is 10.1 Å². The quantitative estimate of drug-likeness (QED) is 0.170. The van der Waals surface area contributed by atoms with Crippen molar-refractivity contribution in [1.82, 2.24) is 0 Å². The van der Waals surface area contributed by atoms with Gasteiger partial charge in [-0.25, -0.2) is 0 Å². The van der Waals surface area contributed by atoms with Crippen LogP contribution in [0.5, 0.6) is 11.5 Å². The van der Waals surface area contributed by atoms with E-state index in [9.17, 15) is 22.9 Å². The van der Waals surface area contributed by atoms with Gasteiger partial charge in [-0.2, -0.15) is 8.42 Å². The van der Waals surface area contributed by atoms with Gasteiger partial charge in [0.05, 0.1) is 17.7 Å². The zero-order valence-electron chi connectivity index (χ0n) is 19.4. The normalized spacial score (nSPS) is 11.7. The predicted molar refractivity (Wildman–Crippen MR) is 142 cm³/mol. The van der Waals surface area contributed by atoms with E-state index in [1.54, 1.807) is 42.5 Å². The third-order valence-electron chi connectivity index (χ3n) is 5.51. The summed E-state index contributed by atoms with van der Waals surface area (Å²) in [6.07, 6.45) is 0. The number of nitrogens with one attached hydrogen (secondary N) is 1. The summed E-state index contributed by atoms with van der Waals surface area (Å²) in [6.45, 7) is 1.41. The first kappa shape index (κ1) is 26.4. The number of hydrogen-bond donors (Lipinski definition) is 3. The molecule has 190 valence electrons. The molecule has 0 fully saturated rings. The molecule has 3 N–H and O–H groups in total. The number of rotatable bonds is 6. The third-order valence-corrected chi connectivity index (χ3v) is 7.26. The third kappa shape index (κ3) is 5.23. The van der Waals surface area contributed by atoms with Crippen molar-refractivity contribution in [2.45, 2.75) is 11.8 Å². The Hall–Kier alpha value is -3.70. The first-order chi connectivity index (χ1) is 17.5. The number of fused-ring (bicyclic) bond motifs is 1. The number of halogens is 2. The Morgan fingerprint density at radius 1 is 1.00 bits per heavy atom. The van der Waals surface area contributed by atoms with E-state index in [0.29, 0.717) is 16.5 Å². The number of carbonyl (C=O) groups is 1. The molecule has 0 unspecified atom stereocenters. The summed E-state index contributed by atoms with van der Waals surface area (Å²) in [6, 6.07) is 15.8. The molecule has 0 saturated carbocycles. The number of anilines is 1. The van der Waals surface area contributed by atoms with E-state index >= 15 is 0 Å². The van der Waals surface area contributed by atoms with Gasteiger partial charge in [-0.3, -0.25) is 9.35 Å². The molecule has 0 saturated heterocycles. The molecular formula is C25H19Cl2N3O6S. The number of carbonyl (C=O) groups excluding carboxylic acids is 1. The van der Waals surface area contributed by atoms with Crippen LogP contribution in [0.25, 0.3) is 10.8 Å². The molecule has 12 heteroatoms. The Labute approximate surface area is 222 Å². The lowest BCUT2D eigenvalue weighted by molar-refractivity contribution is 0.102. The van der Waals surface area contributed by atoms with Crippen LogP contribution in [-0.4, -0.2) is 31.1 Å².